The summed E-state index contributed by atoms with van der Waals surface area (Å²) in [6.45, 7) is 0. The van der Waals surface area contributed by atoms with E-state index in [1.165, 1.54) is 18.2 Å². The zero-order valence-electron chi connectivity index (χ0n) is 7.39. The maximum Gasteiger partial charge on any atom is 0.248 e. The number of amides is 1. The third kappa shape index (κ3) is 2.95. The van der Waals surface area contributed by atoms with Crippen LogP contribution in [0.15, 0.2) is 22.7 Å². The Kier molecular flexibility index (Phi) is 4.16. The molecule has 0 aliphatic rings. The van der Waals surface area contributed by atoms with Gasteiger partial charge in [-0.15, -0.1) is 0 Å². The van der Waals surface area contributed by atoms with Gasteiger partial charge in [0.15, 0.2) is 5.91 Å². The molecular weight excluding hydrogens is 288 g/mol. The Morgan fingerprint density at radius 2 is 2.13 bits per heavy atom. The number of benzene rings is 1. The van der Waals surface area contributed by atoms with Gasteiger partial charge in [0, 0.05) is 15.6 Å². The third-order valence-electron chi connectivity index (χ3n) is 1.74. The van der Waals surface area contributed by atoms with Gasteiger partial charge in [-0.1, -0.05) is 22.0 Å². The average molecular weight is 296 g/mol. The van der Waals surface area contributed by atoms with Gasteiger partial charge in [0.2, 0.25) is 14.3 Å². The van der Waals surface area contributed by atoms with Crippen LogP contribution in [0.2, 0.25) is 0 Å². The summed E-state index contributed by atoms with van der Waals surface area (Å²) in [5.41, 5.74) is 5.32. The molecule has 0 aliphatic heterocycles. The molecule has 0 saturated heterocycles. The van der Waals surface area contributed by atoms with E-state index in [0.717, 1.165) is 0 Å². The van der Waals surface area contributed by atoms with Gasteiger partial charge < -0.3 is 15.5 Å². The highest BCUT2D eigenvalue weighted by Crippen LogP contribution is 2.47. The minimum atomic E-state index is -2.69. The number of carbonyl (C=O) groups excluding carboxylic acids is 1. The van der Waals surface area contributed by atoms with Crippen LogP contribution >= 0.6 is 24.3 Å². The van der Waals surface area contributed by atoms with E-state index < -0.39 is 20.2 Å². The molecule has 4 N–H and O–H groups in total. The van der Waals surface area contributed by atoms with Gasteiger partial charge in [-0.3, -0.25) is 4.79 Å². The highest BCUT2D eigenvalue weighted by atomic mass is 79.9. The van der Waals surface area contributed by atoms with Crippen molar-refractivity contribution in [3.05, 3.63) is 33.8 Å². The lowest BCUT2D eigenvalue weighted by Gasteiger charge is -2.11. The van der Waals surface area contributed by atoms with E-state index in [-0.39, 0.29) is 15.6 Å². The second-order valence-electron chi connectivity index (χ2n) is 2.76. The van der Waals surface area contributed by atoms with Crippen molar-refractivity contribution in [1.29, 1.82) is 0 Å². The van der Waals surface area contributed by atoms with Gasteiger partial charge in [0.1, 0.15) is 0 Å². The highest BCUT2D eigenvalue weighted by Gasteiger charge is 2.21. The summed E-state index contributed by atoms with van der Waals surface area (Å²) in [5, 5.41) is 0. The zero-order chi connectivity index (χ0) is 11.6. The molecule has 0 saturated carbocycles. The minimum absolute atomic E-state index is 0.0797. The molecule has 7 heteroatoms. The maximum absolute atomic E-state index is 13.2. The molecule has 0 spiro atoms. The summed E-state index contributed by atoms with van der Waals surface area (Å²) in [4.78, 5) is 28.2. The first-order chi connectivity index (χ1) is 6.93. The first kappa shape index (κ1) is 12.5. The lowest BCUT2D eigenvalue weighted by atomic mass is 10.1. The molecule has 0 aromatic heterocycles. The van der Waals surface area contributed by atoms with Crippen molar-refractivity contribution >= 4 is 30.2 Å². The molecular formula is C8H8BrFNO3P. The molecule has 0 heterocycles. The number of halogens is 2. The summed E-state index contributed by atoms with van der Waals surface area (Å²) < 4.78 is 13.5. The summed E-state index contributed by atoms with van der Waals surface area (Å²) in [5.74, 6) is -2.50. The average Bonchev–Trinajstić information content (AvgIpc) is 2.16. The van der Waals surface area contributed by atoms with Gasteiger partial charge in [-0.25, -0.2) is 4.39 Å². The number of primary amides is 1. The van der Waals surface area contributed by atoms with Crippen molar-refractivity contribution < 1.29 is 19.0 Å². The van der Waals surface area contributed by atoms with E-state index in [4.69, 9.17) is 15.5 Å². The van der Waals surface area contributed by atoms with Crippen molar-refractivity contribution in [1.82, 2.24) is 0 Å². The monoisotopic (exact) mass is 295 g/mol. The van der Waals surface area contributed by atoms with Crippen LogP contribution in [0, 0.1) is 0 Å². The SMILES string of the molecule is NC(=O)c1ccc(C(F)P(O)O)c(Br)c1. The fourth-order valence-electron chi connectivity index (χ4n) is 0.998. The lowest BCUT2D eigenvalue weighted by molar-refractivity contribution is 0.1000. The van der Waals surface area contributed by atoms with Crippen LogP contribution in [0.3, 0.4) is 0 Å². The highest BCUT2D eigenvalue weighted by molar-refractivity contribution is 9.10. The quantitative estimate of drug-likeness (QED) is 0.744. The Hall–Kier alpha value is -0.550. The fourth-order valence-corrected chi connectivity index (χ4v) is 2.23. The number of hydrogen-bond acceptors (Lipinski definition) is 3. The largest absolute Gasteiger partial charge is 0.366 e. The molecule has 1 rings (SSSR count). The Bertz CT molecular complexity index is 388. The van der Waals surface area contributed by atoms with Crippen molar-refractivity contribution in [2.24, 2.45) is 5.73 Å². The molecule has 0 fully saturated rings. The molecule has 15 heavy (non-hydrogen) atoms. The molecule has 4 nitrogen and oxygen atoms in total. The first-order valence-corrected chi connectivity index (χ1v) is 5.94. The number of alkyl halides is 1. The minimum Gasteiger partial charge on any atom is -0.366 e. The van der Waals surface area contributed by atoms with Crippen LogP contribution in [0.5, 0.6) is 0 Å². The summed E-state index contributed by atoms with van der Waals surface area (Å²) in [6, 6.07) is 3.95. The van der Waals surface area contributed by atoms with Crippen LogP contribution in [-0.4, -0.2) is 15.7 Å². The first-order valence-electron chi connectivity index (χ1n) is 3.83. The van der Waals surface area contributed by atoms with Gasteiger partial charge in [0.25, 0.3) is 0 Å². The molecule has 0 bridgehead atoms. The Labute approximate surface area is 95.0 Å². The van der Waals surface area contributed by atoms with Crippen LogP contribution in [-0.2, 0) is 0 Å². The van der Waals surface area contributed by atoms with E-state index >= 15 is 0 Å². The molecule has 1 atom stereocenters. The van der Waals surface area contributed by atoms with Crippen molar-refractivity contribution in [2.75, 3.05) is 0 Å². The number of hydrogen-bond donors (Lipinski definition) is 3. The van der Waals surface area contributed by atoms with Gasteiger partial charge in [-0.05, 0) is 12.1 Å². The van der Waals surface area contributed by atoms with Crippen LogP contribution in [0.4, 0.5) is 4.39 Å². The normalized spacial score (nSPS) is 12.9. The molecule has 0 radical (unpaired) electrons. The van der Waals surface area contributed by atoms with E-state index in [1.54, 1.807) is 0 Å². The van der Waals surface area contributed by atoms with Crippen LogP contribution in [0.25, 0.3) is 0 Å². The molecule has 1 unspecified atom stereocenters. The maximum atomic E-state index is 13.2. The zero-order valence-corrected chi connectivity index (χ0v) is 9.87. The smallest absolute Gasteiger partial charge is 0.248 e. The van der Waals surface area contributed by atoms with Crippen LogP contribution in [0.1, 0.15) is 21.8 Å². The van der Waals surface area contributed by atoms with Gasteiger partial charge in [0.05, 0.1) is 0 Å². The lowest BCUT2D eigenvalue weighted by Crippen LogP contribution is -2.11. The molecule has 1 amide bonds. The van der Waals surface area contributed by atoms with Crippen molar-refractivity contribution in [2.45, 2.75) is 5.91 Å². The number of rotatable bonds is 3. The Morgan fingerprint density at radius 3 is 2.53 bits per heavy atom. The molecule has 82 valence electrons. The topological polar surface area (TPSA) is 83.6 Å². The van der Waals surface area contributed by atoms with E-state index in [9.17, 15) is 9.18 Å². The summed E-state index contributed by atoms with van der Waals surface area (Å²) in [7, 11) is -2.69. The van der Waals surface area contributed by atoms with E-state index in [2.05, 4.69) is 15.9 Å². The van der Waals surface area contributed by atoms with E-state index in [0.29, 0.717) is 0 Å². The van der Waals surface area contributed by atoms with Crippen molar-refractivity contribution in [3.63, 3.8) is 0 Å². The number of carbonyl (C=O) groups is 1. The molecule has 1 aromatic rings. The predicted molar refractivity (Wildman–Crippen MR) is 57.9 cm³/mol. The van der Waals surface area contributed by atoms with Gasteiger partial charge >= 0.3 is 0 Å². The summed E-state index contributed by atoms with van der Waals surface area (Å²) in [6.07, 6.45) is 0. The third-order valence-corrected chi connectivity index (χ3v) is 3.11. The van der Waals surface area contributed by atoms with Crippen LogP contribution < -0.4 is 5.73 Å². The summed E-state index contributed by atoms with van der Waals surface area (Å²) >= 11 is 3.02. The Morgan fingerprint density at radius 1 is 1.53 bits per heavy atom. The van der Waals surface area contributed by atoms with Crippen molar-refractivity contribution in [3.8, 4) is 0 Å². The second kappa shape index (κ2) is 4.99. The standard InChI is InChI=1S/C8H8BrFNO3P/c9-6-3-4(8(11)12)1-2-5(6)7(10)15(13)14/h1-3,7,13-14H,(H2,11,12). The fraction of sp³-hybridized carbons (Fsp3) is 0.125. The predicted octanol–water partition coefficient (Wildman–Crippen LogP) is 1.81. The van der Waals surface area contributed by atoms with E-state index in [1.807, 2.05) is 0 Å². The van der Waals surface area contributed by atoms with Gasteiger partial charge in [-0.2, -0.15) is 0 Å². The Balaban J connectivity index is 3.08. The number of nitrogens with two attached hydrogens (primary N) is 1. The second-order valence-corrected chi connectivity index (χ2v) is 4.71. The molecule has 1 aromatic carbocycles. The molecule has 0 aliphatic carbocycles.